The average Bonchev–Trinajstić information content (AvgIpc) is 3.79. The summed E-state index contributed by atoms with van der Waals surface area (Å²) >= 11 is 0. The van der Waals surface area contributed by atoms with Crippen LogP contribution in [-0.2, 0) is 0 Å². The summed E-state index contributed by atoms with van der Waals surface area (Å²) in [6, 6.07) is 63.5. The highest BCUT2D eigenvalue weighted by molar-refractivity contribution is 6.13. The maximum Gasteiger partial charge on any atom is 0.227 e. The fourth-order valence-electron chi connectivity index (χ4n) is 7.23. The highest BCUT2D eigenvalue weighted by Crippen LogP contribution is 2.44. The molecule has 0 radical (unpaired) electrons. The molecule has 0 atom stereocenters. The minimum atomic E-state index is 0.597. The molecule has 4 heteroatoms. The topological polar surface area (TPSA) is 42.4 Å². The Morgan fingerprint density at radius 3 is 1.94 bits per heavy atom. The van der Waals surface area contributed by atoms with Gasteiger partial charge in [-0.3, -0.25) is 0 Å². The van der Waals surface area contributed by atoms with Gasteiger partial charge in [0.15, 0.2) is 11.2 Å². The summed E-state index contributed by atoms with van der Waals surface area (Å²) < 4.78 is 13.0. The molecule has 0 amide bonds. The van der Waals surface area contributed by atoms with Crippen LogP contribution in [0, 0.1) is 0 Å². The molecule has 0 N–H and O–H groups in total. The average molecular weight is 655 g/mol. The predicted molar refractivity (Wildman–Crippen MR) is 210 cm³/mol. The van der Waals surface area contributed by atoms with Gasteiger partial charge in [-0.05, 0) is 81.6 Å². The van der Waals surface area contributed by atoms with Crippen molar-refractivity contribution >= 4 is 60.9 Å². The number of anilines is 3. The Morgan fingerprint density at radius 2 is 1.10 bits per heavy atom. The smallest absolute Gasteiger partial charge is 0.227 e. The van der Waals surface area contributed by atoms with Gasteiger partial charge in [-0.1, -0.05) is 127 Å². The van der Waals surface area contributed by atoms with Crippen molar-refractivity contribution in [3.8, 4) is 33.7 Å². The van der Waals surface area contributed by atoms with Crippen molar-refractivity contribution in [3.63, 3.8) is 0 Å². The molecule has 8 aromatic carbocycles. The second kappa shape index (κ2) is 11.9. The van der Waals surface area contributed by atoms with E-state index in [0.717, 1.165) is 66.8 Å². The van der Waals surface area contributed by atoms with Crippen molar-refractivity contribution in [1.29, 1.82) is 0 Å². The Hall–Kier alpha value is -6.91. The molecule has 51 heavy (non-hydrogen) atoms. The third kappa shape index (κ3) is 5.04. The summed E-state index contributed by atoms with van der Waals surface area (Å²) in [5.41, 5.74) is 11.7. The van der Waals surface area contributed by atoms with Crippen molar-refractivity contribution in [1.82, 2.24) is 4.98 Å². The van der Waals surface area contributed by atoms with Crippen LogP contribution in [0.2, 0.25) is 0 Å². The zero-order valence-corrected chi connectivity index (χ0v) is 27.5. The van der Waals surface area contributed by atoms with Crippen molar-refractivity contribution in [3.05, 3.63) is 182 Å². The molecule has 0 saturated carbocycles. The van der Waals surface area contributed by atoms with Crippen LogP contribution in [0.15, 0.2) is 191 Å². The third-order valence-corrected chi connectivity index (χ3v) is 9.69. The van der Waals surface area contributed by atoms with Gasteiger partial charge in [0, 0.05) is 33.8 Å². The van der Waals surface area contributed by atoms with E-state index in [2.05, 4.69) is 144 Å². The zero-order valence-electron chi connectivity index (χ0n) is 27.5. The summed E-state index contributed by atoms with van der Waals surface area (Å²) in [4.78, 5) is 7.10. The highest BCUT2D eigenvalue weighted by Gasteiger charge is 2.21. The standard InChI is InChI=1S/C47H30N2O2/c1-3-12-31(13-4-1)35-18-9-19-37(28-35)49(36-26-24-33(25-27-36)39-21-10-17-32-14-7-8-20-38(32)39)43-23-11-22-40-41-29-45-42(30-44(41)50-46(40)43)48-47(51-45)34-15-5-2-6-16-34/h1-30H. The van der Waals surface area contributed by atoms with E-state index < -0.39 is 0 Å². The molecule has 10 aromatic rings. The lowest BCUT2D eigenvalue weighted by molar-refractivity contribution is 0.620. The molecule has 0 aliphatic carbocycles. The fourth-order valence-corrected chi connectivity index (χ4v) is 7.23. The van der Waals surface area contributed by atoms with Gasteiger partial charge in [0.05, 0.1) is 5.69 Å². The molecule has 0 aliphatic rings. The number of aromatic nitrogens is 1. The number of oxazole rings is 1. The van der Waals surface area contributed by atoms with Crippen molar-refractivity contribution in [2.45, 2.75) is 0 Å². The molecular weight excluding hydrogens is 625 g/mol. The van der Waals surface area contributed by atoms with E-state index in [4.69, 9.17) is 13.8 Å². The third-order valence-electron chi connectivity index (χ3n) is 9.69. The molecule has 2 aromatic heterocycles. The van der Waals surface area contributed by atoms with E-state index in [0.29, 0.717) is 5.89 Å². The monoisotopic (exact) mass is 654 g/mol. The zero-order chi connectivity index (χ0) is 33.7. The minimum absolute atomic E-state index is 0.597. The summed E-state index contributed by atoms with van der Waals surface area (Å²) in [5.74, 6) is 0.597. The molecular formula is C47H30N2O2. The Bertz CT molecular complexity index is 2850. The van der Waals surface area contributed by atoms with E-state index in [1.54, 1.807) is 0 Å². The van der Waals surface area contributed by atoms with Gasteiger partial charge in [-0.15, -0.1) is 0 Å². The molecule has 0 fully saturated rings. The number of nitrogens with zero attached hydrogens (tertiary/aromatic N) is 2. The fraction of sp³-hybridized carbons (Fsp3) is 0. The molecule has 0 unspecified atom stereocenters. The Balaban J connectivity index is 1.14. The van der Waals surface area contributed by atoms with Gasteiger partial charge in [0.25, 0.3) is 0 Å². The lowest BCUT2D eigenvalue weighted by atomic mass is 9.98. The van der Waals surface area contributed by atoms with Crippen LogP contribution in [0.1, 0.15) is 0 Å². The lowest BCUT2D eigenvalue weighted by Crippen LogP contribution is -2.10. The molecule has 2 heterocycles. The number of hydrogen-bond acceptors (Lipinski definition) is 4. The largest absolute Gasteiger partial charge is 0.454 e. The summed E-state index contributed by atoms with van der Waals surface area (Å²) in [6.45, 7) is 0. The molecule has 0 spiro atoms. The lowest BCUT2D eigenvalue weighted by Gasteiger charge is -2.26. The van der Waals surface area contributed by atoms with Gasteiger partial charge in [-0.25, -0.2) is 4.98 Å². The van der Waals surface area contributed by atoms with Gasteiger partial charge in [-0.2, -0.15) is 0 Å². The number of benzene rings is 8. The first kappa shape index (κ1) is 29.0. The van der Waals surface area contributed by atoms with Crippen molar-refractivity contribution in [2.75, 3.05) is 4.90 Å². The van der Waals surface area contributed by atoms with Crippen LogP contribution < -0.4 is 4.90 Å². The molecule has 0 bridgehead atoms. The first-order valence-electron chi connectivity index (χ1n) is 17.1. The number of rotatable bonds is 6. The number of para-hydroxylation sites is 1. The maximum atomic E-state index is 6.76. The van der Waals surface area contributed by atoms with E-state index in [-0.39, 0.29) is 0 Å². The van der Waals surface area contributed by atoms with E-state index >= 15 is 0 Å². The number of hydrogen-bond donors (Lipinski definition) is 0. The quantitative estimate of drug-likeness (QED) is 0.179. The van der Waals surface area contributed by atoms with Crippen LogP contribution >= 0.6 is 0 Å². The Morgan fingerprint density at radius 1 is 0.412 bits per heavy atom. The summed E-state index contributed by atoms with van der Waals surface area (Å²) in [5, 5.41) is 4.47. The maximum absolute atomic E-state index is 6.76. The van der Waals surface area contributed by atoms with Crippen LogP contribution in [0.5, 0.6) is 0 Å². The predicted octanol–water partition coefficient (Wildman–Crippen LogP) is 13.4. The first-order chi connectivity index (χ1) is 25.3. The second-order valence-corrected chi connectivity index (χ2v) is 12.8. The first-order valence-corrected chi connectivity index (χ1v) is 17.1. The molecule has 240 valence electrons. The Labute approximate surface area is 294 Å². The van der Waals surface area contributed by atoms with E-state index in [9.17, 15) is 0 Å². The summed E-state index contributed by atoms with van der Waals surface area (Å²) in [7, 11) is 0. The normalized spacial score (nSPS) is 11.5. The van der Waals surface area contributed by atoms with Crippen molar-refractivity contribution < 1.29 is 8.83 Å². The van der Waals surface area contributed by atoms with Gasteiger partial charge in [0.2, 0.25) is 5.89 Å². The number of furan rings is 1. The second-order valence-electron chi connectivity index (χ2n) is 12.8. The highest BCUT2D eigenvalue weighted by atomic mass is 16.4. The van der Waals surface area contributed by atoms with Crippen LogP contribution in [0.25, 0.3) is 77.5 Å². The van der Waals surface area contributed by atoms with E-state index in [1.807, 2.05) is 42.5 Å². The van der Waals surface area contributed by atoms with Gasteiger partial charge >= 0.3 is 0 Å². The van der Waals surface area contributed by atoms with Gasteiger partial charge in [0.1, 0.15) is 11.1 Å². The molecule has 4 nitrogen and oxygen atoms in total. The molecule has 0 aliphatic heterocycles. The van der Waals surface area contributed by atoms with Gasteiger partial charge < -0.3 is 13.7 Å². The SMILES string of the molecule is c1ccc(-c2cccc(N(c3ccc(-c4cccc5ccccc45)cc3)c3cccc4c3oc3cc5nc(-c6ccccc6)oc5cc34)c2)cc1. The minimum Gasteiger partial charge on any atom is -0.454 e. The number of fused-ring (bicyclic) bond motifs is 5. The summed E-state index contributed by atoms with van der Waals surface area (Å²) in [6.07, 6.45) is 0. The van der Waals surface area contributed by atoms with Crippen LogP contribution in [0.3, 0.4) is 0 Å². The molecule has 10 rings (SSSR count). The van der Waals surface area contributed by atoms with Crippen LogP contribution in [0.4, 0.5) is 17.1 Å². The molecule has 0 saturated heterocycles. The van der Waals surface area contributed by atoms with Crippen LogP contribution in [-0.4, -0.2) is 4.98 Å². The van der Waals surface area contributed by atoms with E-state index in [1.165, 1.54) is 21.9 Å². The van der Waals surface area contributed by atoms with Crippen molar-refractivity contribution in [2.24, 2.45) is 0 Å². The Kier molecular flexibility index (Phi) is 6.78.